The molecule has 28 heavy (non-hydrogen) atoms. The largest absolute Gasteiger partial charge is 0.353 e. The highest BCUT2D eigenvalue weighted by atomic mass is 32.2. The van der Waals surface area contributed by atoms with Crippen LogP contribution >= 0.6 is 11.3 Å². The SMILES string of the molecule is CC(C)c1nnc(NCC(=O)c2cccc(S(=O)(=O)N3CCCCCC3)c2)s1. The smallest absolute Gasteiger partial charge is 0.243 e. The van der Waals surface area contributed by atoms with Crippen LogP contribution < -0.4 is 5.32 Å². The van der Waals surface area contributed by atoms with Crippen molar-refractivity contribution in [3.8, 4) is 0 Å². The van der Waals surface area contributed by atoms with E-state index in [4.69, 9.17) is 0 Å². The van der Waals surface area contributed by atoms with E-state index < -0.39 is 10.0 Å². The first-order chi connectivity index (χ1) is 13.4. The second-order valence-corrected chi connectivity index (χ2v) is 10.2. The number of nitrogens with zero attached hydrogens (tertiary/aromatic N) is 3. The Morgan fingerprint density at radius 1 is 1.18 bits per heavy atom. The van der Waals surface area contributed by atoms with E-state index in [-0.39, 0.29) is 23.1 Å². The zero-order valence-corrected chi connectivity index (χ0v) is 17.9. The van der Waals surface area contributed by atoms with Crippen molar-refractivity contribution in [2.45, 2.75) is 50.3 Å². The molecule has 0 aliphatic carbocycles. The molecular formula is C19H26N4O3S2. The van der Waals surface area contributed by atoms with Gasteiger partial charge in [0.2, 0.25) is 15.2 Å². The Labute approximate surface area is 170 Å². The van der Waals surface area contributed by atoms with Gasteiger partial charge in [-0.15, -0.1) is 10.2 Å². The molecule has 1 aromatic heterocycles. The third kappa shape index (κ3) is 4.95. The average molecular weight is 423 g/mol. The molecule has 2 heterocycles. The molecule has 3 rings (SSSR count). The number of hydrogen-bond donors (Lipinski definition) is 1. The van der Waals surface area contributed by atoms with Gasteiger partial charge in [0.1, 0.15) is 5.01 Å². The van der Waals surface area contributed by atoms with Gasteiger partial charge in [0.25, 0.3) is 0 Å². The number of hydrogen-bond acceptors (Lipinski definition) is 7. The first-order valence-corrected chi connectivity index (χ1v) is 11.8. The minimum Gasteiger partial charge on any atom is -0.353 e. The minimum atomic E-state index is -3.57. The highest BCUT2D eigenvalue weighted by Crippen LogP contribution is 2.23. The summed E-state index contributed by atoms with van der Waals surface area (Å²) in [7, 11) is -3.57. The molecule has 1 aliphatic rings. The summed E-state index contributed by atoms with van der Waals surface area (Å²) in [4.78, 5) is 12.7. The average Bonchev–Trinajstić information content (AvgIpc) is 2.99. The number of aromatic nitrogens is 2. The molecule has 9 heteroatoms. The molecule has 1 aromatic carbocycles. The van der Waals surface area contributed by atoms with Gasteiger partial charge in [-0.05, 0) is 25.0 Å². The second-order valence-electron chi connectivity index (χ2n) is 7.22. The maximum absolute atomic E-state index is 12.9. The van der Waals surface area contributed by atoms with E-state index in [2.05, 4.69) is 15.5 Å². The first-order valence-electron chi connectivity index (χ1n) is 9.58. The molecule has 0 spiro atoms. The highest BCUT2D eigenvalue weighted by Gasteiger charge is 2.25. The van der Waals surface area contributed by atoms with Crippen molar-refractivity contribution in [1.82, 2.24) is 14.5 Å². The zero-order chi connectivity index (χ0) is 20.1. The monoisotopic (exact) mass is 422 g/mol. The molecule has 0 saturated carbocycles. The van der Waals surface area contributed by atoms with Gasteiger partial charge in [0, 0.05) is 24.6 Å². The molecule has 0 atom stereocenters. The normalized spacial score (nSPS) is 16.1. The van der Waals surface area contributed by atoms with Crippen LogP contribution in [0.15, 0.2) is 29.2 Å². The fraction of sp³-hybridized carbons (Fsp3) is 0.526. The van der Waals surface area contributed by atoms with Gasteiger partial charge < -0.3 is 5.32 Å². The molecule has 2 aromatic rings. The zero-order valence-electron chi connectivity index (χ0n) is 16.2. The number of ketones is 1. The lowest BCUT2D eigenvalue weighted by Crippen LogP contribution is -2.32. The van der Waals surface area contributed by atoms with Gasteiger partial charge >= 0.3 is 0 Å². The molecule has 1 aliphatic heterocycles. The van der Waals surface area contributed by atoms with Crippen molar-refractivity contribution >= 4 is 32.3 Å². The molecule has 152 valence electrons. The summed E-state index contributed by atoms with van der Waals surface area (Å²) in [6.07, 6.45) is 3.87. The summed E-state index contributed by atoms with van der Waals surface area (Å²) < 4.78 is 27.4. The van der Waals surface area contributed by atoms with Gasteiger partial charge in [-0.3, -0.25) is 4.79 Å². The molecule has 1 N–H and O–H groups in total. The Morgan fingerprint density at radius 3 is 2.54 bits per heavy atom. The topological polar surface area (TPSA) is 92.3 Å². The molecule has 1 fully saturated rings. The maximum atomic E-state index is 12.9. The summed E-state index contributed by atoms with van der Waals surface area (Å²) in [5, 5.41) is 12.6. The predicted molar refractivity (Wildman–Crippen MR) is 110 cm³/mol. The Bertz CT molecular complexity index is 917. The quantitative estimate of drug-likeness (QED) is 0.687. The number of carbonyl (C=O) groups is 1. The number of carbonyl (C=O) groups excluding carboxylic acids is 1. The van der Waals surface area contributed by atoms with Crippen LogP contribution in [0, 0.1) is 0 Å². The van der Waals surface area contributed by atoms with Crippen LogP contribution in [0.3, 0.4) is 0 Å². The number of anilines is 1. The van der Waals surface area contributed by atoms with Crippen LogP contribution in [0.4, 0.5) is 5.13 Å². The van der Waals surface area contributed by atoms with E-state index in [1.807, 2.05) is 13.8 Å². The van der Waals surface area contributed by atoms with Crippen LogP contribution in [0.2, 0.25) is 0 Å². The summed E-state index contributed by atoms with van der Waals surface area (Å²) in [6, 6.07) is 6.30. The van der Waals surface area contributed by atoms with Crippen LogP contribution in [0.25, 0.3) is 0 Å². The predicted octanol–water partition coefficient (Wildman–Crippen LogP) is 3.52. The molecule has 0 unspecified atom stereocenters. The third-order valence-electron chi connectivity index (χ3n) is 4.69. The standard InChI is InChI=1S/C19H26N4O3S2/c1-14(2)18-21-22-19(27-18)20-13-17(24)15-8-7-9-16(12-15)28(25,26)23-10-5-3-4-6-11-23/h7-9,12,14H,3-6,10-11,13H2,1-2H3,(H,20,22). The fourth-order valence-electron chi connectivity index (χ4n) is 3.06. The Balaban J connectivity index is 1.70. The van der Waals surface area contributed by atoms with E-state index in [1.54, 1.807) is 18.2 Å². The van der Waals surface area contributed by atoms with Gasteiger partial charge in [-0.1, -0.05) is 50.2 Å². The van der Waals surface area contributed by atoms with Crippen molar-refractivity contribution < 1.29 is 13.2 Å². The Morgan fingerprint density at radius 2 is 1.89 bits per heavy atom. The van der Waals surface area contributed by atoms with E-state index in [1.165, 1.54) is 21.7 Å². The molecular weight excluding hydrogens is 396 g/mol. The van der Waals surface area contributed by atoms with Gasteiger partial charge in [-0.2, -0.15) is 4.31 Å². The highest BCUT2D eigenvalue weighted by molar-refractivity contribution is 7.89. The molecule has 7 nitrogen and oxygen atoms in total. The van der Waals surface area contributed by atoms with Crippen molar-refractivity contribution in [3.05, 3.63) is 34.8 Å². The van der Waals surface area contributed by atoms with Crippen molar-refractivity contribution in [1.29, 1.82) is 0 Å². The van der Waals surface area contributed by atoms with Crippen LogP contribution in [0.1, 0.15) is 60.8 Å². The first kappa shape index (κ1) is 20.9. The number of Topliss-reactive ketones (excluding diaryl/α,β-unsaturated/α-hetero) is 1. The van der Waals surface area contributed by atoms with Gasteiger partial charge in [0.05, 0.1) is 11.4 Å². The second kappa shape index (κ2) is 9.11. The summed E-state index contributed by atoms with van der Waals surface area (Å²) in [5.74, 6) is 0.0961. The molecule has 1 saturated heterocycles. The summed E-state index contributed by atoms with van der Waals surface area (Å²) in [6.45, 7) is 5.19. The lowest BCUT2D eigenvalue weighted by atomic mass is 10.1. The Kier molecular flexibility index (Phi) is 6.79. The lowest BCUT2D eigenvalue weighted by molar-refractivity contribution is 0.101. The minimum absolute atomic E-state index is 0.0416. The number of rotatable bonds is 7. The van der Waals surface area contributed by atoms with E-state index in [0.717, 1.165) is 30.7 Å². The molecule has 0 amide bonds. The van der Waals surface area contributed by atoms with E-state index >= 15 is 0 Å². The molecule has 0 bridgehead atoms. The van der Waals surface area contributed by atoms with Crippen LogP contribution in [-0.2, 0) is 10.0 Å². The number of sulfonamides is 1. The van der Waals surface area contributed by atoms with Crippen molar-refractivity contribution in [3.63, 3.8) is 0 Å². The lowest BCUT2D eigenvalue weighted by Gasteiger charge is -2.20. The third-order valence-corrected chi connectivity index (χ3v) is 7.77. The van der Waals surface area contributed by atoms with Crippen LogP contribution in [0.5, 0.6) is 0 Å². The number of benzene rings is 1. The maximum Gasteiger partial charge on any atom is 0.243 e. The van der Waals surface area contributed by atoms with E-state index in [9.17, 15) is 13.2 Å². The van der Waals surface area contributed by atoms with Crippen molar-refractivity contribution in [2.24, 2.45) is 0 Å². The molecule has 0 radical (unpaired) electrons. The van der Waals surface area contributed by atoms with Crippen LogP contribution in [-0.4, -0.2) is 48.3 Å². The van der Waals surface area contributed by atoms with E-state index in [0.29, 0.717) is 23.8 Å². The fourth-order valence-corrected chi connectivity index (χ4v) is 5.36. The number of nitrogens with one attached hydrogen (secondary N) is 1. The Hall–Kier alpha value is -1.84. The van der Waals surface area contributed by atoms with Crippen molar-refractivity contribution in [2.75, 3.05) is 25.0 Å². The van der Waals surface area contributed by atoms with Gasteiger partial charge in [-0.25, -0.2) is 8.42 Å². The van der Waals surface area contributed by atoms with Gasteiger partial charge in [0.15, 0.2) is 5.78 Å². The summed E-state index contributed by atoms with van der Waals surface area (Å²) >= 11 is 1.42. The summed E-state index contributed by atoms with van der Waals surface area (Å²) in [5.41, 5.74) is 0.372.